The van der Waals surface area contributed by atoms with Crippen LogP contribution in [-0.2, 0) is 6.54 Å². The van der Waals surface area contributed by atoms with E-state index < -0.39 is 41.3 Å². The zero-order valence-corrected chi connectivity index (χ0v) is 22.5. The minimum Gasteiger partial charge on any atom is -0.495 e. The topological polar surface area (TPSA) is 95.3 Å². The number of fused-ring (bicyclic) bond motifs is 1. The number of carbonyl (C=O) groups excluding carboxylic acids is 1. The highest BCUT2D eigenvalue weighted by molar-refractivity contribution is 6.04. The Bertz CT molecular complexity index is 1910. The molecular formula is C30H21F5N4O4. The Hall–Kier alpha value is -5.33. The Labute approximate surface area is 240 Å². The highest BCUT2D eigenvalue weighted by atomic mass is 19.4. The predicted molar refractivity (Wildman–Crippen MR) is 147 cm³/mol. The molecule has 43 heavy (non-hydrogen) atoms. The molecule has 0 fully saturated rings. The number of hydrogen-bond acceptors (Lipinski definition) is 6. The first-order chi connectivity index (χ1) is 20.4. The maximum Gasteiger partial charge on any atom is 0.406 e. The first-order valence-corrected chi connectivity index (χ1v) is 12.6. The number of methoxy groups -OCH3 is 1. The van der Waals surface area contributed by atoms with Gasteiger partial charge >= 0.3 is 6.18 Å². The van der Waals surface area contributed by atoms with Crippen LogP contribution in [0.15, 0.2) is 78.0 Å². The fraction of sp³-hybridized carbons (Fsp3) is 0.133. The number of nitrogens with zero attached hydrogens (tertiary/aromatic N) is 3. The van der Waals surface area contributed by atoms with E-state index in [1.165, 1.54) is 56.8 Å². The van der Waals surface area contributed by atoms with E-state index in [4.69, 9.17) is 9.47 Å². The molecule has 3 aromatic heterocycles. The quantitative estimate of drug-likeness (QED) is 0.211. The number of nitrogens with one attached hydrogen (secondary N) is 1. The fourth-order valence-electron chi connectivity index (χ4n) is 4.39. The second-order valence-corrected chi connectivity index (χ2v) is 9.34. The standard InChI is InChI=1S/C30H21F5N4O4/c1-16-26(17-3-5-18(31)6-4-17)28(40)21(14-39(16)15-30(33,34)35)29(41)38-19-7-8-24(22(32)11-19)43-25-9-10-36-23-12-20(42-2)13-37-27(23)25/h3-14H,15H2,1-2H3,(H,38,41). The third kappa shape index (κ3) is 6.30. The maximum absolute atomic E-state index is 15.1. The normalized spacial score (nSPS) is 11.4. The maximum atomic E-state index is 15.1. The van der Waals surface area contributed by atoms with Gasteiger partial charge in [0.2, 0.25) is 5.43 Å². The lowest BCUT2D eigenvalue weighted by Crippen LogP contribution is -2.29. The lowest BCUT2D eigenvalue weighted by atomic mass is 10.0. The minimum atomic E-state index is -4.67. The van der Waals surface area contributed by atoms with Gasteiger partial charge in [-0.2, -0.15) is 13.2 Å². The summed E-state index contributed by atoms with van der Waals surface area (Å²) in [5.74, 6) is -2.13. The lowest BCUT2D eigenvalue weighted by molar-refractivity contribution is -0.141. The number of halogens is 5. The van der Waals surface area contributed by atoms with Crippen LogP contribution in [0.5, 0.6) is 17.2 Å². The van der Waals surface area contributed by atoms with Gasteiger partial charge in [-0.3, -0.25) is 14.6 Å². The third-order valence-electron chi connectivity index (χ3n) is 6.44. The van der Waals surface area contributed by atoms with Crippen molar-refractivity contribution in [1.82, 2.24) is 14.5 Å². The molecule has 0 spiro atoms. The number of hydrogen-bond donors (Lipinski definition) is 1. The molecule has 2 aromatic carbocycles. The van der Waals surface area contributed by atoms with Gasteiger partial charge < -0.3 is 19.4 Å². The molecule has 0 saturated carbocycles. The fourth-order valence-corrected chi connectivity index (χ4v) is 4.39. The van der Waals surface area contributed by atoms with Gasteiger partial charge in [0.05, 0.1) is 18.8 Å². The van der Waals surface area contributed by atoms with Crippen molar-refractivity contribution in [3.63, 3.8) is 0 Å². The summed E-state index contributed by atoms with van der Waals surface area (Å²) in [5, 5.41) is 2.35. The van der Waals surface area contributed by atoms with Gasteiger partial charge in [-0.05, 0) is 36.8 Å². The highest BCUT2D eigenvalue weighted by Crippen LogP contribution is 2.32. The van der Waals surface area contributed by atoms with E-state index in [0.29, 0.717) is 16.8 Å². The van der Waals surface area contributed by atoms with Crippen LogP contribution < -0.4 is 20.2 Å². The molecule has 0 unspecified atom stereocenters. The first-order valence-electron chi connectivity index (χ1n) is 12.6. The van der Waals surface area contributed by atoms with Crippen molar-refractivity contribution in [3.8, 4) is 28.4 Å². The van der Waals surface area contributed by atoms with E-state index in [0.717, 1.165) is 29.0 Å². The average molecular weight is 597 g/mol. The Kier molecular flexibility index (Phi) is 7.81. The molecule has 1 N–H and O–H groups in total. The van der Waals surface area contributed by atoms with Crippen molar-refractivity contribution in [1.29, 1.82) is 0 Å². The Morgan fingerprint density at radius 3 is 2.42 bits per heavy atom. The lowest BCUT2D eigenvalue weighted by Gasteiger charge is -2.18. The van der Waals surface area contributed by atoms with Crippen molar-refractivity contribution in [2.75, 3.05) is 12.4 Å². The van der Waals surface area contributed by atoms with Gasteiger partial charge in [0.15, 0.2) is 17.3 Å². The number of alkyl halides is 3. The van der Waals surface area contributed by atoms with E-state index in [-0.39, 0.29) is 34.0 Å². The van der Waals surface area contributed by atoms with Crippen molar-refractivity contribution in [2.24, 2.45) is 0 Å². The molecule has 5 rings (SSSR count). The molecule has 220 valence electrons. The van der Waals surface area contributed by atoms with Crippen molar-refractivity contribution in [2.45, 2.75) is 19.6 Å². The third-order valence-corrected chi connectivity index (χ3v) is 6.44. The SMILES string of the molecule is COc1cnc2c(Oc3ccc(NC(=O)c4cn(CC(F)(F)F)c(C)c(-c5ccc(F)cc5)c4=O)cc3F)ccnc2c1. The average Bonchev–Trinajstić information content (AvgIpc) is 2.96. The molecular weight excluding hydrogens is 575 g/mol. The smallest absolute Gasteiger partial charge is 0.406 e. The number of carbonyl (C=O) groups is 1. The minimum absolute atomic E-state index is 0.0744. The van der Waals surface area contributed by atoms with Crippen molar-refractivity contribution >= 4 is 22.6 Å². The zero-order chi connectivity index (χ0) is 30.9. The number of pyridine rings is 3. The number of rotatable bonds is 7. The van der Waals surface area contributed by atoms with Gasteiger partial charge in [0.1, 0.15) is 29.2 Å². The van der Waals surface area contributed by atoms with E-state index in [1.54, 1.807) is 6.07 Å². The van der Waals surface area contributed by atoms with Crippen LogP contribution in [-0.4, -0.2) is 33.7 Å². The second-order valence-electron chi connectivity index (χ2n) is 9.34. The summed E-state index contributed by atoms with van der Waals surface area (Å²) in [7, 11) is 1.47. The summed E-state index contributed by atoms with van der Waals surface area (Å²) < 4.78 is 80.1. The Morgan fingerprint density at radius 2 is 1.74 bits per heavy atom. The molecule has 3 heterocycles. The van der Waals surface area contributed by atoms with Crippen LogP contribution in [0.3, 0.4) is 0 Å². The molecule has 0 aliphatic rings. The largest absolute Gasteiger partial charge is 0.495 e. The summed E-state index contributed by atoms with van der Waals surface area (Å²) in [5.41, 5.74) is -0.977. The molecule has 1 amide bonds. The van der Waals surface area contributed by atoms with E-state index in [1.807, 2.05) is 0 Å². The van der Waals surface area contributed by atoms with Gasteiger partial charge in [0, 0.05) is 47.5 Å². The molecule has 0 aliphatic heterocycles. The first kappa shape index (κ1) is 29.2. The molecule has 5 aromatic rings. The Morgan fingerprint density at radius 1 is 1.00 bits per heavy atom. The van der Waals surface area contributed by atoms with Crippen molar-refractivity contribution in [3.05, 3.63) is 106 Å². The molecule has 8 nitrogen and oxygen atoms in total. The number of aromatic nitrogens is 3. The van der Waals surface area contributed by atoms with Crippen LogP contribution in [0.25, 0.3) is 22.2 Å². The van der Waals surface area contributed by atoms with Crippen LogP contribution in [0.4, 0.5) is 27.6 Å². The molecule has 0 atom stereocenters. The summed E-state index contributed by atoms with van der Waals surface area (Å²) in [6.07, 6.45) is -0.994. The van der Waals surface area contributed by atoms with Crippen LogP contribution in [0.1, 0.15) is 16.1 Å². The summed E-state index contributed by atoms with van der Waals surface area (Å²) in [4.78, 5) is 34.9. The van der Waals surface area contributed by atoms with Gasteiger partial charge in [-0.25, -0.2) is 13.8 Å². The number of benzene rings is 2. The van der Waals surface area contributed by atoms with Crippen LogP contribution in [0, 0.1) is 18.6 Å². The predicted octanol–water partition coefficient (Wildman–Crippen LogP) is 6.66. The van der Waals surface area contributed by atoms with Crippen LogP contribution in [0.2, 0.25) is 0 Å². The second kappa shape index (κ2) is 11.5. The number of ether oxygens (including phenoxy) is 2. The zero-order valence-electron chi connectivity index (χ0n) is 22.5. The number of amides is 1. The molecule has 0 radical (unpaired) electrons. The summed E-state index contributed by atoms with van der Waals surface area (Å²) in [6, 6.07) is 11.1. The van der Waals surface area contributed by atoms with Gasteiger partial charge in [-0.15, -0.1) is 0 Å². The molecule has 13 heteroatoms. The highest BCUT2D eigenvalue weighted by Gasteiger charge is 2.30. The van der Waals surface area contributed by atoms with Gasteiger partial charge in [0.25, 0.3) is 5.91 Å². The molecule has 0 bridgehead atoms. The molecule has 0 aliphatic carbocycles. The van der Waals surface area contributed by atoms with E-state index in [2.05, 4.69) is 15.3 Å². The van der Waals surface area contributed by atoms with E-state index >= 15 is 4.39 Å². The summed E-state index contributed by atoms with van der Waals surface area (Å²) >= 11 is 0. The molecule has 0 saturated heterocycles. The van der Waals surface area contributed by atoms with E-state index in [9.17, 15) is 27.2 Å². The van der Waals surface area contributed by atoms with Crippen LogP contribution >= 0.6 is 0 Å². The Balaban J connectivity index is 1.45. The monoisotopic (exact) mass is 596 g/mol. The number of anilines is 1. The van der Waals surface area contributed by atoms with Gasteiger partial charge in [-0.1, -0.05) is 12.1 Å². The van der Waals surface area contributed by atoms with Crippen molar-refractivity contribution < 1.29 is 36.2 Å². The summed E-state index contributed by atoms with van der Waals surface area (Å²) in [6.45, 7) is -0.195.